The number of hydrogen-bond donors (Lipinski definition) is 1. The Kier molecular flexibility index (Phi) is 5.13. The molecular formula is C15H27N3OS. The first-order valence-corrected chi connectivity index (χ1v) is 8.61. The molecule has 0 aromatic rings. The van der Waals surface area contributed by atoms with Crippen LogP contribution in [0.1, 0.15) is 38.5 Å². The molecule has 20 heavy (non-hydrogen) atoms. The minimum atomic E-state index is 0.624. The number of ether oxygens (including phenoxy) is 1. The maximum absolute atomic E-state index is 5.62. The lowest BCUT2D eigenvalue weighted by molar-refractivity contribution is 0.0195. The Morgan fingerprint density at radius 2 is 1.75 bits per heavy atom. The fraction of sp³-hybridized carbons (Fsp3) is 0.933. The molecule has 3 fully saturated rings. The first kappa shape index (κ1) is 14.5. The van der Waals surface area contributed by atoms with Gasteiger partial charge in [-0.15, -0.1) is 0 Å². The highest BCUT2D eigenvalue weighted by Crippen LogP contribution is 2.20. The summed E-state index contributed by atoms with van der Waals surface area (Å²) in [5.41, 5.74) is 0. The first-order chi connectivity index (χ1) is 9.83. The minimum absolute atomic E-state index is 0.624. The average Bonchev–Trinajstić information content (AvgIpc) is 2.99. The molecule has 0 aromatic carbocycles. The van der Waals surface area contributed by atoms with Crippen LogP contribution in [0.25, 0.3) is 0 Å². The minimum Gasteiger partial charge on any atom is -0.379 e. The van der Waals surface area contributed by atoms with Gasteiger partial charge in [0.2, 0.25) is 0 Å². The van der Waals surface area contributed by atoms with E-state index in [0.29, 0.717) is 12.1 Å². The summed E-state index contributed by atoms with van der Waals surface area (Å²) < 4.78 is 5.44. The molecule has 2 heterocycles. The number of rotatable bonds is 2. The molecule has 4 nitrogen and oxygen atoms in total. The Balaban J connectivity index is 1.45. The van der Waals surface area contributed by atoms with Gasteiger partial charge >= 0.3 is 0 Å². The highest BCUT2D eigenvalue weighted by Gasteiger charge is 2.30. The summed E-state index contributed by atoms with van der Waals surface area (Å²) in [6.45, 7) is 6.16. The smallest absolute Gasteiger partial charge is 0.169 e. The number of likely N-dealkylation sites (tertiary alicyclic amines) is 1. The fourth-order valence-corrected chi connectivity index (χ4v) is 4.01. The maximum Gasteiger partial charge on any atom is 0.169 e. The van der Waals surface area contributed by atoms with Gasteiger partial charge in [0.1, 0.15) is 0 Å². The van der Waals surface area contributed by atoms with Crippen molar-refractivity contribution >= 4 is 17.3 Å². The van der Waals surface area contributed by atoms with E-state index in [1.807, 2.05) is 0 Å². The van der Waals surface area contributed by atoms with E-state index >= 15 is 0 Å². The normalized spacial score (nSPS) is 29.6. The van der Waals surface area contributed by atoms with E-state index in [-0.39, 0.29) is 0 Å². The molecule has 114 valence electrons. The Bertz CT molecular complexity index is 327. The number of nitrogens with zero attached hydrogens (tertiary/aromatic N) is 2. The molecule has 0 radical (unpaired) electrons. The number of morpholine rings is 1. The molecule has 1 unspecified atom stereocenters. The van der Waals surface area contributed by atoms with Crippen LogP contribution < -0.4 is 5.32 Å². The summed E-state index contributed by atoms with van der Waals surface area (Å²) >= 11 is 5.62. The monoisotopic (exact) mass is 297 g/mol. The second kappa shape index (κ2) is 7.05. The Hall–Kier alpha value is -0.390. The number of hydrogen-bond acceptors (Lipinski definition) is 3. The fourth-order valence-electron chi connectivity index (χ4n) is 3.68. The van der Waals surface area contributed by atoms with Crippen LogP contribution in [0.2, 0.25) is 0 Å². The van der Waals surface area contributed by atoms with Crippen molar-refractivity contribution in [1.82, 2.24) is 15.1 Å². The van der Waals surface area contributed by atoms with Crippen molar-refractivity contribution in [3.8, 4) is 0 Å². The Labute approximate surface area is 127 Å². The van der Waals surface area contributed by atoms with E-state index < -0.39 is 0 Å². The second-order valence-corrected chi connectivity index (χ2v) is 6.71. The van der Waals surface area contributed by atoms with Crippen LogP contribution >= 0.6 is 12.2 Å². The second-order valence-electron chi connectivity index (χ2n) is 6.32. The standard InChI is InChI=1S/C15H27N3OS/c20-15(16-13-4-2-1-3-5-13)18-7-6-14(12-18)17-8-10-19-11-9-17/h13-14H,1-12H2,(H,16,20). The zero-order valence-electron chi connectivity index (χ0n) is 12.4. The zero-order valence-corrected chi connectivity index (χ0v) is 13.2. The molecule has 1 atom stereocenters. The predicted octanol–water partition coefficient (Wildman–Crippen LogP) is 1.60. The van der Waals surface area contributed by atoms with E-state index in [4.69, 9.17) is 17.0 Å². The molecule has 1 saturated carbocycles. The van der Waals surface area contributed by atoms with Crippen LogP contribution in [-0.2, 0) is 4.74 Å². The molecule has 5 heteroatoms. The van der Waals surface area contributed by atoms with Crippen LogP contribution in [0.15, 0.2) is 0 Å². The SMILES string of the molecule is S=C(NC1CCCCC1)N1CCC(N2CCOCC2)C1. The van der Waals surface area contributed by atoms with Gasteiger partial charge in [0.25, 0.3) is 0 Å². The zero-order chi connectivity index (χ0) is 13.8. The largest absolute Gasteiger partial charge is 0.379 e. The molecule has 2 saturated heterocycles. The molecule has 1 N–H and O–H groups in total. The third-order valence-electron chi connectivity index (χ3n) is 4.95. The average molecular weight is 297 g/mol. The molecule has 1 aliphatic carbocycles. The third kappa shape index (κ3) is 3.62. The summed E-state index contributed by atoms with van der Waals surface area (Å²) in [5.74, 6) is 0. The lowest BCUT2D eigenvalue weighted by Gasteiger charge is -2.33. The predicted molar refractivity (Wildman–Crippen MR) is 85.0 cm³/mol. The van der Waals surface area contributed by atoms with Crippen molar-refractivity contribution in [2.24, 2.45) is 0 Å². The van der Waals surface area contributed by atoms with Gasteiger partial charge in [-0.25, -0.2) is 0 Å². The van der Waals surface area contributed by atoms with Crippen molar-refractivity contribution < 1.29 is 4.74 Å². The van der Waals surface area contributed by atoms with Gasteiger partial charge < -0.3 is 15.0 Å². The molecule has 3 aliphatic rings. The summed E-state index contributed by atoms with van der Waals surface area (Å²) in [5, 5.41) is 4.59. The molecule has 0 bridgehead atoms. The van der Waals surface area contributed by atoms with Gasteiger partial charge in [-0.2, -0.15) is 0 Å². The van der Waals surface area contributed by atoms with E-state index in [1.54, 1.807) is 0 Å². The molecule has 3 rings (SSSR count). The highest BCUT2D eigenvalue weighted by atomic mass is 32.1. The Morgan fingerprint density at radius 3 is 2.50 bits per heavy atom. The van der Waals surface area contributed by atoms with Gasteiger partial charge in [-0.05, 0) is 31.5 Å². The van der Waals surface area contributed by atoms with E-state index in [0.717, 1.165) is 44.5 Å². The molecule has 2 aliphatic heterocycles. The summed E-state index contributed by atoms with van der Waals surface area (Å²) in [7, 11) is 0. The molecule has 0 amide bonds. The van der Waals surface area contributed by atoms with E-state index in [9.17, 15) is 0 Å². The van der Waals surface area contributed by atoms with Crippen LogP contribution in [0.4, 0.5) is 0 Å². The molecule has 0 spiro atoms. The van der Waals surface area contributed by atoms with Crippen LogP contribution in [-0.4, -0.2) is 66.4 Å². The van der Waals surface area contributed by atoms with Gasteiger partial charge in [-0.3, -0.25) is 4.90 Å². The van der Waals surface area contributed by atoms with Gasteiger partial charge in [0.05, 0.1) is 13.2 Å². The molecule has 0 aromatic heterocycles. The van der Waals surface area contributed by atoms with Gasteiger partial charge in [0.15, 0.2) is 5.11 Å². The highest BCUT2D eigenvalue weighted by molar-refractivity contribution is 7.80. The van der Waals surface area contributed by atoms with Crippen molar-refractivity contribution in [2.75, 3.05) is 39.4 Å². The van der Waals surface area contributed by atoms with Crippen LogP contribution in [0.3, 0.4) is 0 Å². The number of nitrogens with one attached hydrogen (secondary N) is 1. The lowest BCUT2D eigenvalue weighted by Crippen LogP contribution is -2.47. The maximum atomic E-state index is 5.62. The van der Waals surface area contributed by atoms with E-state index in [1.165, 1.54) is 38.5 Å². The topological polar surface area (TPSA) is 27.7 Å². The van der Waals surface area contributed by atoms with Gasteiger partial charge in [0, 0.05) is 38.3 Å². The van der Waals surface area contributed by atoms with Crippen LogP contribution in [0, 0.1) is 0 Å². The van der Waals surface area contributed by atoms with E-state index in [2.05, 4.69) is 15.1 Å². The molecular weight excluding hydrogens is 270 g/mol. The summed E-state index contributed by atoms with van der Waals surface area (Å²) in [6, 6.07) is 1.30. The van der Waals surface area contributed by atoms with Gasteiger partial charge in [-0.1, -0.05) is 19.3 Å². The van der Waals surface area contributed by atoms with Crippen molar-refractivity contribution in [2.45, 2.75) is 50.6 Å². The van der Waals surface area contributed by atoms with Crippen LogP contribution in [0.5, 0.6) is 0 Å². The Morgan fingerprint density at radius 1 is 1.00 bits per heavy atom. The van der Waals surface area contributed by atoms with Crippen molar-refractivity contribution in [3.05, 3.63) is 0 Å². The van der Waals surface area contributed by atoms with Crippen molar-refractivity contribution in [1.29, 1.82) is 0 Å². The van der Waals surface area contributed by atoms with Crippen molar-refractivity contribution in [3.63, 3.8) is 0 Å². The first-order valence-electron chi connectivity index (χ1n) is 8.20. The summed E-state index contributed by atoms with van der Waals surface area (Å²) in [4.78, 5) is 4.96. The quantitative estimate of drug-likeness (QED) is 0.782. The number of thiocarbonyl (C=S) groups is 1. The summed E-state index contributed by atoms with van der Waals surface area (Å²) in [6.07, 6.45) is 7.94. The third-order valence-corrected chi connectivity index (χ3v) is 5.32. The lowest BCUT2D eigenvalue weighted by atomic mass is 9.96.